The molecule has 0 radical (unpaired) electrons. The van der Waals surface area contributed by atoms with Crippen molar-refractivity contribution in [1.29, 1.82) is 0 Å². The van der Waals surface area contributed by atoms with E-state index in [-0.39, 0.29) is 29.6 Å². The van der Waals surface area contributed by atoms with Gasteiger partial charge in [-0.2, -0.15) is 0 Å². The van der Waals surface area contributed by atoms with Crippen LogP contribution in [0.1, 0.15) is 38.8 Å². The second kappa shape index (κ2) is 8.04. The topological polar surface area (TPSA) is 44.7 Å². The third kappa shape index (κ3) is 5.12. The van der Waals surface area contributed by atoms with Crippen LogP contribution in [0.2, 0.25) is 0 Å². The van der Waals surface area contributed by atoms with Crippen LogP contribution in [0.5, 0.6) is 5.75 Å². The van der Waals surface area contributed by atoms with E-state index in [0.717, 1.165) is 38.2 Å². The highest BCUT2D eigenvalue weighted by molar-refractivity contribution is 5.36. The zero-order valence-electron chi connectivity index (χ0n) is 14.0. The standard InChI is InChI=1S/C17H26F2N2O2/c1-11-9-21(10-12(2)23-11)6-4-5-20-13(3)17-15(19)7-14(18)8-16(17)22/h7-8,11-13,20,22H,4-6,9-10H2,1-3H3/t11-,12+,13-/m0/s1. The van der Waals surface area contributed by atoms with E-state index in [1.807, 2.05) is 0 Å². The molecule has 1 fully saturated rings. The highest BCUT2D eigenvalue weighted by Crippen LogP contribution is 2.28. The van der Waals surface area contributed by atoms with E-state index >= 15 is 0 Å². The SMILES string of the molecule is C[C@@H]1CN(CCCN[C@@H](C)c2c(O)cc(F)cc2F)C[C@H](C)O1. The lowest BCUT2D eigenvalue weighted by molar-refractivity contribution is -0.0680. The van der Waals surface area contributed by atoms with Crippen LogP contribution in [0.3, 0.4) is 0 Å². The molecule has 1 aromatic rings. The zero-order chi connectivity index (χ0) is 17.0. The molecule has 2 rings (SSSR count). The van der Waals surface area contributed by atoms with E-state index in [2.05, 4.69) is 24.1 Å². The summed E-state index contributed by atoms with van der Waals surface area (Å²) >= 11 is 0. The number of phenols is 1. The smallest absolute Gasteiger partial charge is 0.134 e. The molecule has 0 saturated carbocycles. The van der Waals surface area contributed by atoms with Crippen molar-refractivity contribution in [3.8, 4) is 5.75 Å². The maximum Gasteiger partial charge on any atom is 0.134 e. The number of hydrogen-bond acceptors (Lipinski definition) is 4. The lowest BCUT2D eigenvalue weighted by atomic mass is 10.1. The highest BCUT2D eigenvalue weighted by atomic mass is 19.1. The van der Waals surface area contributed by atoms with Gasteiger partial charge in [0.2, 0.25) is 0 Å². The van der Waals surface area contributed by atoms with E-state index in [1.54, 1.807) is 6.92 Å². The van der Waals surface area contributed by atoms with Gasteiger partial charge in [0, 0.05) is 36.8 Å². The summed E-state index contributed by atoms with van der Waals surface area (Å²) in [6, 6.07) is 1.36. The molecule has 0 amide bonds. The van der Waals surface area contributed by atoms with E-state index in [4.69, 9.17) is 4.74 Å². The van der Waals surface area contributed by atoms with Gasteiger partial charge in [0.05, 0.1) is 12.2 Å². The number of aromatic hydroxyl groups is 1. The van der Waals surface area contributed by atoms with Crippen molar-refractivity contribution in [3.05, 3.63) is 29.3 Å². The van der Waals surface area contributed by atoms with Crippen LogP contribution in [0, 0.1) is 11.6 Å². The first-order chi connectivity index (χ1) is 10.9. The molecule has 1 aliphatic heterocycles. The lowest BCUT2D eigenvalue weighted by Gasteiger charge is -2.35. The molecule has 1 aromatic carbocycles. The van der Waals surface area contributed by atoms with Gasteiger partial charge in [-0.25, -0.2) is 8.78 Å². The number of morpholine rings is 1. The van der Waals surface area contributed by atoms with Crippen molar-refractivity contribution in [2.75, 3.05) is 26.2 Å². The van der Waals surface area contributed by atoms with Crippen LogP contribution in [0.25, 0.3) is 0 Å². The minimum absolute atomic E-state index is 0.111. The molecule has 1 saturated heterocycles. The third-order valence-electron chi connectivity index (χ3n) is 4.10. The van der Waals surface area contributed by atoms with Gasteiger partial charge in [-0.3, -0.25) is 4.90 Å². The fourth-order valence-corrected chi connectivity index (χ4v) is 3.19. The number of nitrogens with zero attached hydrogens (tertiary/aromatic N) is 1. The van der Waals surface area contributed by atoms with Crippen LogP contribution in [0.15, 0.2) is 12.1 Å². The molecule has 1 aliphatic rings. The van der Waals surface area contributed by atoms with Crippen LogP contribution in [-0.4, -0.2) is 48.4 Å². The molecule has 4 nitrogen and oxygen atoms in total. The number of halogens is 2. The first-order valence-corrected chi connectivity index (χ1v) is 8.16. The maximum absolute atomic E-state index is 13.8. The first kappa shape index (κ1) is 18.1. The summed E-state index contributed by atoms with van der Waals surface area (Å²) in [6.07, 6.45) is 1.40. The first-order valence-electron chi connectivity index (χ1n) is 8.16. The molecule has 1 heterocycles. The Morgan fingerprint density at radius 2 is 1.96 bits per heavy atom. The number of phenolic OH excluding ortho intramolecular Hbond substituents is 1. The minimum Gasteiger partial charge on any atom is -0.507 e. The number of hydrogen-bond donors (Lipinski definition) is 2. The summed E-state index contributed by atoms with van der Waals surface area (Å²) in [5.41, 5.74) is 0.111. The van der Waals surface area contributed by atoms with E-state index in [0.29, 0.717) is 6.54 Å². The van der Waals surface area contributed by atoms with Crippen molar-refractivity contribution >= 4 is 0 Å². The number of nitrogens with one attached hydrogen (secondary N) is 1. The van der Waals surface area contributed by atoms with Gasteiger partial charge < -0.3 is 15.2 Å². The van der Waals surface area contributed by atoms with E-state index in [1.165, 1.54) is 0 Å². The zero-order valence-corrected chi connectivity index (χ0v) is 14.0. The van der Waals surface area contributed by atoms with Crippen LogP contribution >= 0.6 is 0 Å². The van der Waals surface area contributed by atoms with Gasteiger partial charge in [-0.15, -0.1) is 0 Å². The summed E-state index contributed by atoms with van der Waals surface area (Å²) in [7, 11) is 0. The van der Waals surface area contributed by atoms with Gasteiger partial charge in [-0.1, -0.05) is 0 Å². The Morgan fingerprint density at radius 3 is 2.57 bits per heavy atom. The normalized spacial score (nSPS) is 23.9. The van der Waals surface area contributed by atoms with Gasteiger partial charge in [0.15, 0.2) is 0 Å². The Bertz CT molecular complexity index is 494. The maximum atomic E-state index is 13.8. The highest BCUT2D eigenvalue weighted by Gasteiger charge is 2.22. The van der Waals surface area contributed by atoms with Crippen molar-refractivity contribution < 1.29 is 18.6 Å². The summed E-state index contributed by atoms with van der Waals surface area (Å²) < 4.78 is 32.5. The molecule has 0 unspecified atom stereocenters. The molecule has 23 heavy (non-hydrogen) atoms. The third-order valence-corrected chi connectivity index (χ3v) is 4.10. The Kier molecular flexibility index (Phi) is 6.33. The van der Waals surface area contributed by atoms with Crippen molar-refractivity contribution in [2.24, 2.45) is 0 Å². The van der Waals surface area contributed by atoms with Crippen molar-refractivity contribution in [1.82, 2.24) is 10.2 Å². The molecule has 0 bridgehead atoms. The summed E-state index contributed by atoms with van der Waals surface area (Å²) in [5, 5.41) is 12.9. The van der Waals surface area contributed by atoms with Crippen LogP contribution in [-0.2, 0) is 4.74 Å². The predicted octanol–water partition coefficient (Wildman–Crippen LogP) is 2.82. The van der Waals surface area contributed by atoms with E-state index < -0.39 is 11.6 Å². The molecule has 0 aromatic heterocycles. The molecule has 6 heteroatoms. The number of ether oxygens (including phenoxy) is 1. The van der Waals surface area contributed by atoms with Crippen molar-refractivity contribution in [3.63, 3.8) is 0 Å². The minimum atomic E-state index is -0.772. The summed E-state index contributed by atoms with van der Waals surface area (Å²) in [4.78, 5) is 2.36. The Balaban J connectivity index is 1.78. The summed E-state index contributed by atoms with van der Waals surface area (Å²) in [6.45, 7) is 9.38. The Hall–Kier alpha value is -1.24. The van der Waals surface area contributed by atoms with Crippen LogP contribution < -0.4 is 5.32 Å². The number of benzene rings is 1. The molecule has 130 valence electrons. The second-order valence-electron chi connectivity index (χ2n) is 6.37. The average Bonchev–Trinajstić information content (AvgIpc) is 2.41. The fraction of sp³-hybridized carbons (Fsp3) is 0.647. The average molecular weight is 328 g/mol. The van der Waals surface area contributed by atoms with Gasteiger partial charge in [0.1, 0.15) is 17.4 Å². The van der Waals surface area contributed by atoms with Gasteiger partial charge in [-0.05, 0) is 40.3 Å². The largest absolute Gasteiger partial charge is 0.507 e. The lowest BCUT2D eigenvalue weighted by Crippen LogP contribution is -2.46. The Morgan fingerprint density at radius 1 is 1.30 bits per heavy atom. The van der Waals surface area contributed by atoms with Gasteiger partial charge in [0.25, 0.3) is 0 Å². The molecule has 0 spiro atoms. The molecule has 0 aliphatic carbocycles. The summed E-state index contributed by atoms with van der Waals surface area (Å²) in [5.74, 6) is -1.84. The van der Waals surface area contributed by atoms with E-state index in [9.17, 15) is 13.9 Å². The monoisotopic (exact) mass is 328 g/mol. The number of rotatable bonds is 6. The van der Waals surface area contributed by atoms with Crippen molar-refractivity contribution in [2.45, 2.75) is 45.4 Å². The quantitative estimate of drug-likeness (QED) is 0.788. The Labute approximate surface area is 136 Å². The second-order valence-corrected chi connectivity index (χ2v) is 6.37. The van der Waals surface area contributed by atoms with Gasteiger partial charge >= 0.3 is 0 Å². The molecular formula is C17H26F2N2O2. The van der Waals surface area contributed by atoms with Crippen LogP contribution in [0.4, 0.5) is 8.78 Å². The fourth-order valence-electron chi connectivity index (χ4n) is 3.19. The molecule has 3 atom stereocenters. The predicted molar refractivity (Wildman–Crippen MR) is 85.5 cm³/mol. The molecule has 2 N–H and O–H groups in total. The molecular weight excluding hydrogens is 302 g/mol.